The molecule has 0 fully saturated rings. The van der Waals surface area contributed by atoms with E-state index in [4.69, 9.17) is 4.98 Å². The number of pyridine rings is 1. The van der Waals surface area contributed by atoms with Crippen LogP contribution >= 0.6 is 11.3 Å². The average molecular weight is 382 g/mol. The van der Waals surface area contributed by atoms with Gasteiger partial charge in [0.25, 0.3) is 0 Å². The summed E-state index contributed by atoms with van der Waals surface area (Å²) in [6, 6.07) is 10.6. The summed E-state index contributed by atoms with van der Waals surface area (Å²) in [5, 5.41) is 1.10. The van der Waals surface area contributed by atoms with Gasteiger partial charge in [0.15, 0.2) is 12.4 Å². The van der Waals surface area contributed by atoms with Crippen LogP contribution in [0.4, 0.5) is 0 Å². The van der Waals surface area contributed by atoms with Crippen LogP contribution in [0.1, 0.15) is 12.5 Å². The number of para-hydroxylation sites is 1. The maximum atomic E-state index is 4.76. The summed E-state index contributed by atoms with van der Waals surface area (Å²) in [5.41, 5.74) is 3.57. The molecular formula is C15H15IN2S. The van der Waals surface area contributed by atoms with Gasteiger partial charge in [0, 0.05) is 6.07 Å². The third-order valence-electron chi connectivity index (χ3n) is 3.09. The van der Waals surface area contributed by atoms with Crippen molar-refractivity contribution < 1.29 is 28.5 Å². The molecule has 98 valence electrons. The third-order valence-corrected chi connectivity index (χ3v) is 4.16. The van der Waals surface area contributed by atoms with Crippen molar-refractivity contribution in [3.05, 3.63) is 48.3 Å². The molecule has 0 radical (unpaired) electrons. The minimum absolute atomic E-state index is 0. The number of thiazole rings is 1. The normalized spacial score (nSPS) is 10.4. The minimum atomic E-state index is 0. The molecule has 0 saturated carbocycles. The fourth-order valence-electron chi connectivity index (χ4n) is 2.05. The van der Waals surface area contributed by atoms with Gasteiger partial charge in [0.05, 0.1) is 15.8 Å². The van der Waals surface area contributed by atoms with E-state index < -0.39 is 0 Å². The maximum Gasteiger partial charge on any atom is 0.179 e. The SMILES string of the molecule is CC[n+]1cccc(-c2nc3c(C)cccc3s2)c1.[I-]. The Bertz CT molecular complexity index is 706. The van der Waals surface area contributed by atoms with Crippen LogP contribution in [0.5, 0.6) is 0 Å². The van der Waals surface area contributed by atoms with Gasteiger partial charge in [-0.15, -0.1) is 11.3 Å². The zero-order valence-electron chi connectivity index (χ0n) is 10.9. The van der Waals surface area contributed by atoms with Crippen molar-refractivity contribution in [2.75, 3.05) is 0 Å². The molecule has 0 spiro atoms. The number of aromatic nitrogens is 2. The summed E-state index contributed by atoms with van der Waals surface area (Å²) in [6.07, 6.45) is 4.25. The Hall–Kier alpha value is -1.01. The van der Waals surface area contributed by atoms with Gasteiger partial charge in [0.1, 0.15) is 11.6 Å². The Morgan fingerprint density at radius 3 is 2.79 bits per heavy atom. The summed E-state index contributed by atoms with van der Waals surface area (Å²) in [7, 11) is 0. The van der Waals surface area contributed by atoms with Crippen LogP contribution in [0.2, 0.25) is 0 Å². The lowest BCUT2D eigenvalue weighted by Crippen LogP contribution is -3.00. The molecular weight excluding hydrogens is 367 g/mol. The molecule has 1 aromatic carbocycles. The molecule has 0 aliphatic rings. The van der Waals surface area contributed by atoms with E-state index in [1.807, 2.05) is 0 Å². The van der Waals surface area contributed by atoms with Gasteiger partial charge in [-0.05, 0) is 31.5 Å². The molecule has 0 atom stereocenters. The zero-order valence-corrected chi connectivity index (χ0v) is 13.9. The molecule has 3 rings (SSSR count). The molecule has 3 aromatic rings. The lowest BCUT2D eigenvalue weighted by molar-refractivity contribution is -0.693. The van der Waals surface area contributed by atoms with E-state index in [2.05, 4.69) is 61.1 Å². The molecule has 0 aliphatic carbocycles. The van der Waals surface area contributed by atoms with E-state index in [1.165, 1.54) is 15.8 Å². The van der Waals surface area contributed by atoms with Crippen LogP contribution in [-0.2, 0) is 6.54 Å². The smallest absolute Gasteiger partial charge is 0.179 e. The molecule has 0 N–H and O–H groups in total. The number of benzene rings is 1. The minimum Gasteiger partial charge on any atom is -1.00 e. The van der Waals surface area contributed by atoms with E-state index in [9.17, 15) is 0 Å². The van der Waals surface area contributed by atoms with E-state index in [0.717, 1.165) is 17.1 Å². The predicted octanol–water partition coefficient (Wildman–Crippen LogP) is 0.583. The number of fused-ring (bicyclic) bond motifs is 1. The first-order chi connectivity index (χ1) is 8.78. The number of rotatable bonds is 2. The van der Waals surface area contributed by atoms with Crippen LogP contribution in [-0.4, -0.2) is 4.98 Å². The van der Waals surface area contributed by atoms with Crippen LogP contribution < -0.4 is 28.5 Å². The van der Waals surface area contributed by atoms with Crippen molar-refractivity contribution in [3.8, 4) is 10.6 Å². The van der Waals surface area contributed by atoms with Crippen molar-refractivity contribution in [3.63, 3.8) is 0 Å². The summed E-state index contributed by atoms with van der Waals surface area (Å²) >= 11 is 1.76. The Kier molecular flexibility index (Phi) is 4.52. The fraction of sp³-hybridized carbons (Fsp3) is 0.200. The van der Waals surface area contributed by atoms with Crippen molar-refractivity contribution in [2.24, 2.45) is 0 Å². The first-order valence-corrected chi connectivity index (χ1v) is 6.95. The Balaban J connectivity index is 0.00000133. The fourth-order valence-corrected chi connectivity index (χ4v) is 3.09. The monoisotopic (exact) mass is 382 g/mol. The average Bonchev–Trinajstić information content (AvgIpc) is 2.84. The highest BCUT2D eigenvalue weighted by Gasteiger charge is 2.10. The highest BCUT2D eigenvalue weighted by molar-refractivity contribution is 7.21. The molecule has 0 amide bonds. The Labute approximate surface area is 134 Å². The molecule has 0 saturated heterocycles. The van der Waals surface area contributed by atoms with E-state index >= 15 is 0 Å². The van der Waals surface area contributed by atoms with Crippen molar-refractivity contribution >= 4 is 21.6 Å². The van der Waals surface area contributed by atoms with Gasteiger partial charge in [0.2, 0.25) is 0 Å². The van der Waals surface area contributed by atoms with Gasteiger partial charge in [-0.1, -0.05) is 12.1 Å². The van der Waals surface area contributed by atoms with Gasteiger partial charge in [-0.2, -0.15) is 0 Å². The summed E-state index contributed by atoms with van der Waals surface area (Å²) < 4.78 is 3.44. The number of aryl methyl sites for hydroxylation is 2. The van der Waals surface area contributed by atoms with Crippen molar-refractivity contribution in [1.82, 2.24) is 4.98 Å². The lowest BCUT2D eigenvalue weighted by atomic mass is 10.2. The van der Waals surface area contributed by atoms with E-state index in [-0.39, 0.29) is 24.0 Å². The molecule has 2 aromatic heterocycles. The Morgan fingerprint density at radius 1 is 1.21 bits per heavy atom. The Morgan fingerprint density at radius 2 is 2.05 bits per heavy atom. The molecule has 19 heavy (non-hydrogen) atoms. The number of nitrogens with zero attached hydrogens (tertiary/aromatic N) is 2. The highest BCUT2D eigenvalue weighted by atomic mass is 127. The number of halogens is 1. The first-order valence-electron chi connectivity index (χ1n) is 6.13. The lowest BCUT2D eigenvalue weighted by Gasteiger charge is -1.94. The summed E-state index contributed by atoms with van der Waals surface area (Å²) in [6.45, 7) is 5.24. The first kappa shape index (κ1) is 14.4. The zero-order chi connectivity index (χ0) is 12.5. The number of hydrogen-bond donors (Lipinski definition) is 0. The topological polar surface area (TPSA) is 16.8 Å². The molecule has 4 heteroatoms. The van der Waals surface area contributed by atoms with Crippen LogP contribution in [0.25, 0.3) is 20.8 Å². The van der Waals surface area contributed by atoms with Gasteiger partial charge in [-0.25, -0.2) is 9.55 Å². The van der Waals surface area contributed by atoms with Gasteiger partial charge < -0.3 is 24.0 Å². The second kappa shape index (κ2) is 5.96. The quantitative estimate of drug-likeness (QED) is 0.468. The summed E-state index contributed by atoms with van der Waals surface area (Å²) in [5.74, 6) is 0. The molecule has 0 aliphatic heterocycles. The van der Waals surface area contributed by atoms with Gasteiger partial charge >= 0.3 is 0 Å². The van der Waals surface area contributed by atoms with Crippen LogP contribution in [0, 0.1) is 6.92 Å². The molecule has 2 nitrogen and oxygen atoms in total. The molecule has 0 unspecified atom stereocenters. The summed E-state index contributed by atoms with van der Waals surface area (Å²) in [4.78, 5) is 4.76. The maximum absolute atomic E-state index is 4.76. The highest BCUT2D eigenvalue weighted by Crippen LogP contribution is 2.30. The number of hydrogen-bond acceptors (Lipinski definition) is 2. The van der Waals surface area contributed by atoms with Crippen molar-refractivity contribution in [1.29, 1.82) is 0 Å². The second-order valence-corrected chi connectivity index (χ2v) is 5.39. The van der Waals surface area contributed by atoms with Gasteiger partial charge in [-0.3, -0.25) is 0 Å². The molecule has 0 bridgehead atoms. The standard InChI is InChI=1S/C15H15N2S.HI/c1-3-17-9-5-7-12(10-17)15-16-14-11(2)6-4-8-13(14)18-15;/h4-10H,3H2,1-2H3;1H/q+1;/p-1. The third kappa shape index (κ3) is 2.79. The molecule has 2 heterocycles. The predicted molar refractivity (Wildman–Crippen MR) is 75.7 cm³/mol. The largest absolute Gasteiger partial charge is 1.00 e. The van der Waals surface area contributed by atoms with E-state index in [1.54, 1.807) is 11.3 Å². The van der Waals surface area contributed by atoms with E-state index in [0.29, 0.717) is 0 Å². The second-order valence-electron chi connectivity index (χ2n) is 4.36. The van der Waals surface area contributed by atoms with Crippen LogP contribution in [0.15, 0.2) is 42.7 Å². The van der Waals surface area contributed by atoms with Crippen LogP contribution in [0.3, 0.4) is 0 Å². The van der Waals surface area contributed by atoms with Crippen molar-refractivity contribution in [2.45, 2.75) is 20.4 Å².